The minimum absolute atomic E-state index is 0. The number of rotatable bonds is 7. The molecule has 9 heteroatoms. The fraction of sp³-hybridized carbons (Fsp3) is 0.292. The molecule has 2 aromatic heterocycles. The molecule has 0 spiro atoms. The van der Waals surface area contributed by atoms with E-state index in [4.69, 9.17) is 19.4 Å². The van der Waals surface area contributed by atoms with Gasteiger partial charge in [-0.05, 0) is 12.1 Å². The molecule has 0 unspecified atom stereocenters. The SMILES string of the molecule is COc1c(Nc2cccnc2)nc(N2CCOCC2)nc1-c1c[c-]ccc1.[CH2-]CC[C-]=O.[Li+]. The zero-order valence-corrected chi connectivity index (χ0v) is 19.1. The molecule has 0 atom stereocenters. The minimum atomic E-state index is 0. The number of benzene rings is 1. The van der Waals surface area contributed by atoms with Crippen LogP contribution in [0.15, 0.2) is 48.8 Å². The molecule has 1 aliphatic heterocycles. The van der Waals surface area contributed by atoms with E-state index in [1.807, 2.05) is 36.4 Å². The fourth-order valence-corrected chi connectivity index (χ4v) is 3.00. The second-order valence-electron chi connectivity index (χ2n) is 6.76. The molecule has 3 heterocycles. The van der Waals surface area contributed by atoms with E-state index in [0.717, 1.165) is 30.0 Å². The van der Waals surface area contributed by atoms with Crippen LogP contribution in [0.2, 0.25) is 0 Å². The predicted molar refractivity (Wildman–Crippen MR) is 124 cm³/mol. The normalized spacial score (nSPS) is 12.6. The van der Waals surface area contributed by atoms with Gasteiger partial charge in [0.15, 0.2) is 11.6 Å². The Hall–Kier alpha value is -2.92. The number of nitrogens with zero attached hydrogens (tertiary/aromatic N) is 4. The number of carbonyl (C=O) groups excluding carboxylic acids is 1. The molecule has 1 aliphatic rings. The molecule has 1 saturated heterocycles. The smallest absolute Gasteiger partial charge is 0.542 e. The maximum Gasteiger partial charge on any atom is 1.00 e. The van der Waals surface area contributed by atoms with Crippen LogP contribution in [0, 0.1) is 13.0 Å². The average molecular weight is 439 g/mol. The molecule has 33 heavy (non-hydrogen) atoms. The summed E-state index contributed by atoms with van der Waals surface area (Å²) in [6.07, 6.45) is 6.32. The summed E-state index contributed by atoms with van der Waals surface area (Å²) in [6, 6.07) is 14.6. The predicted octanol–water partition coefficient (Wildman–Crippen LogP) is 0.642. The van der Waals surface area contributed by atoms with Gasteiger partial charge >= 0.3 is 18.9 Å². The third kappa shape index (κ3) is 7.57. The van der Waals surface area contributed by atoms with Crippen LogP contribution in [0.4, 0.5) is 17.5 Å². The standard InChI is InChI=1S/C20H20N5O2.C4H6O.Li/c1-26-18-17(15-6-3-2-4-7-15)23-20(25-10-12-27-13-11-25)24-19(18)22-16-8-5-9-21-14-16;1-2-3-4-5;/h2-3,5-9,14H,10-13H2,1H3,(H,22,23,24);1-3H2;/q-1;-2;+1. The van der Waals surface area contributed by atoms with Gasteiger partial charge in [0.25, 0.3) is 0 Å². The molecule has 0 aliphatic carbocycles. The monoisotopic (exact) mass is 439 g/mol. The number of pyridine rings is 1. The number of ether oxygens (including phenoxy) is 2. The summed E-state index contributed by atoms with van der Waals surface area (Å²) in [6.45, 7) is 6.23. The Morgan fingerprint density at radius 2 is 2.09 bits per heavy atom. The van der Waals surface area contributed by atoms with Crippen molar-refractivity contribution in [2.24, 2.45) is 0 Å². The number of anilines is 3. The van der Waals surface area contributed by atoms with Crippen molar-refractivity contribution in [2.75, 3.05) is 43.6 Å². The number of methoxy groups -OCH3 is 1. The van der Waals surface area contributed by atoms with Crippen LogP contribution in [-0.4, -0.2) is 54.7 Å². The summed E-state index contributed by atoms with van der Waals surface area (Å²) < 4.78 is 11.1. The second kappa shape index (κ2) is 14.3. The van der Waals surface area contributed by atoms with E-state index in [1.54, 1.807) is 25.8 Å². The van der Waals surface area contributed by atoms with Crippen LogP contribution in [0.25, 0.3) is 11.3 Å². The van der Waals surface area contributed by atoms with E-state index < -0.39 is 0 Å². The summed E-state index contributed by atoms with van der Waals surface area (Å²) in [7, 11) is 1.62. The van der Waals surface area contributed by atoms with Crippen molar-refractivity contribution < 1.29 is 33.1 Å². The Balaban J connectivity index is 0.000000583. The van der Waals surface area contributed by atoms with Gasteiger partial charge in [0.1, 0.15) is 0 Å². The van der Waals surface area contributed by atoms with Crippen LogP contribution in [0.1, 0.15) is 12.8 Å². The number of unbranched alkanes of at least 4 members (excludes halogenated alkanes) is 1. The van der Waals surface area contributed by atoms with Gasteiger partial charge in [-0.1, -0.05) is 0 Å². The molecule has 0 radical (unpaired) electrons. The van der Waals surface area contributed by atoms with E-state index in [-0.39, 0.29) is 18.9 Å². The molecule has 1 N–H and O–H groups in total. The Morgan fingerprint density at radius 3 is 2.67 bits per heavy atom. The number of nitrogens with one attached hydrogen (secondary N) is 1. The van der Waals surface area contributed by atoms with Crippen molar-refractivity contribution in [3.63, 3.8) is 0 Å². The molecule has 0 saturated carbocycles. The topological polar surface area (TPSA) is 89.5 Å². The first-order valence-electron chi connectivity index (χ1n) is 10.3. The first-order chi connectivity index (χ1) is 15.8. The van der Waals surface area contributed by atoms with E-state index >= 15 is 0 Å². The van der Waals surface area contributed by atoms with Crippen LogP contribution in [0.5, 0.6) is 5.75 Å². The largest absolute Gasteiger partial charge is 1.00 e. The third-order valence-electron chi connectivity index (χ3n) is 4.54. The zero-order chi connectivity index (χ0) is 22.6. The van der Waals surface area contributed by atoms with Crippen LogP contribution in [0.3, 0.4) is 0 Å². The zero-order valence-electron chi connectivity index (χ0n) is 19.1. The molecule has 4 rings (SSSR count). The molecular formula is C24H26LiN5O3-2. The number of hydrogen-bond acceptors (Lipinski definition) is 8. The minimum Gasteiger partial charge on any atom is -0.542 e. The molecular weight excluding hydrogens is 413 g/mol. The maximum atomic E-state index is 9.24. The Labute approximate surface area is 206 Å². The van der Waals surface area contributed by atoms with Crippen LogP contribution >= 0.6 is 0 Å². The second-order valence-corrected chi connectivity index (χ2v) is 6.76. The van der Waals surface area contributed by atoms with Crippen molar-refractivity contribution in [3.05, 3.63) is 61.8 Å². The summed E-state index contributed by atoms with van der Waals surface area (Å²) in [5.41, 5.74) is 2.46. The quantitative estimate of drug-likeness (QED) is 0.424. The van der Waals surface area contributed by atoms with Gasteiger partial charge in [-0.3, -0.25) is 11.3 Å². The van der Waals surface area contributed by atoms with Gasteiger partial charge in [-0.15, -0.1) is 5.56 Å². The maximum absolute atomic E-state index is 9.24. The van der Waals surface area contributed by atoms with Gasteiger partial charge in [-0.2, -0.15) is 41.7 Å². The molecule has 1 fully saturated rings. The number of morpholine rings is 1. The van der Waals surface area contributed by atoms with Crippen molar-refractivity contribution in [1.82, 2.24) is 15.0 Å². The number of hydrogen-bond donors (Lipinski definition) is 1. The fourth-order valence-electron chi connectivity index (χ4n) is 3.00. The summed E-state index contributed by atoms with van der Waals surface area (Å²) in [5.74, 6) is 1.82. The first kappa shape index (κ1) is 26.3. The van der Waals surface area contributed by atoms with Crippen molar-refractivity contribution in [2.45, 2.75) is 12.8 Å². The summed E-state index contributed by atoms with van der Waals surface area (Å²) in [4.78, 5) is 25.0. The Bertz CT molecular complexity index is 971. The van der Waals surface area contributed by atoms with Gasteiger partial charge in [0, 0.05) is 19.3 Å². The summed E-state index contributed by atoms with van der Waals surface area (Å²) in [5, 5.41) is 3.31. The summed E-state index contributed by atoms with van der Waals surface area (Å²) >= 11 is 0. The Morgan fingerprint density at radius 1 is 1.27 bits per heavy atom. The molecule has 3 aromatic rings. The van der Waals surface area contributed by atoms with Gasteiger partial charge in [0.05, 0.1) is 37.9 Å². The molecule has 0 amide bonds. The van der Waals surface area contributed by atoms with Gasteiger partial charge in [-0.25, -0.2) is 11.4 Å². The van der Waals surface area contributed by atoms with Crippen LogP contribution in [-0.2, 0) is 9.53 Å². The third-order valence-corrected chi connectivity index (χ3v) is 4.54. The van der Waals surface area contributed by atoms with Crippen molar-refractivity contribution >= 4 is 23.7 Å². The van der Waals surface area contributed by atoms with Crippen molar-refractivity contribution in [1.29, 1.82) is 0 Å². The molecule has 168 valence electrons. The molecule has 0 bridgehead atoms. The van der Waals surface area contributed by atoms with Gasteiger partial charge < -0.3 is 31.4 Å². The number of aromatic nitrogens is 3. The van der Waals surface area contributed by atoms with E-state index in [9.17, 15) is 4.79 Å². The van der Waals surface area contributed by atoms with Crippen LogP contribution < -0.4 is 33.8 Å². The molecule has 8 nitrogen and oxygen atoms in total. The van der Waals surface area contributed by atoms with E-state index in [1.165, 1.54) is 0 Å². The first-order valence-corrected chi connectivity index (χ1v) is 10.3. The van der Waals surface area contributed by atoms with E-state index in [0.29, 0.717) is 43.6 Å². The molecule has 1 aromatic carbocycles. The van der Waals surface area contributed by atoms with Crippen molar-refractivity contribution in [3.8, 4) is 17.0 Å². The van der Waals surface area contributed by atoms with E-state index in [2.05, 4.69) is 28.2 Å². The average Bonchev–Trinajstić information content (AvgIpc) is 2.86. The Kier molecular flexibility index (Phi) is 11.4. The van der Waals surface area contributed by atoms with Gasteiger partial charge in [0.2, 0.25) is 5.95 Å².